The van der Waals surface area contributed by atoms with Crippen molar-refractivity contribution in [2.24, 2.45) is 10.9 Å². The van der Waals surface area contributed by atoms with Crippen LogP contribution in [-0.4, -0.2) is 74.7 Å². The first-order valence-electron chi connectivity index (χ1n) is 10.3. The molecular formula is C21H36FN5. The van der Waals surface area contributed by atoms with Crippen molar-refractivity contribution in [3.63, 3.8) is 0 Å². The number of likely N-dealkylation sites (N-methyl/N-ethyl adjacent to an activating group) is 1. The normalized spacial score (nSPS) is 17.7. The van der Waals surface area contributed by atoms with Gasteiger partial charge in [-0.25, -0.2) is 4.39 Å². The van der Waals surface area contributed by atoms with Crippen molar-refractivity contribution < 1.29 is 4.39 Å². The number of rotatable bonds is 9. The Labute approximate surface area is 164 Å². The maximum atomic E-state index is 13.7. The molecule has 0 spiro atoms. The number of nitrogens with zero attached hydrogens (tertiary/aromatic N) is 3. The zero-order chi connectivity index (χ0) is 19.5. The third kappa shape index (κ3) is 7.85. The molecule has 0 bridgehead atoms. The molecule has 2 N–H and O–H groups in total. The predicted octanol–water partition coefficient (Wildman–Crippen LogP) is 2.20. The lowest BCUT2D eigenvalue weighted by molar-refractivity contribution is 0.125. The summed E-state index contributed by atoms with van der Waals surface area (Å²) < 4.78 is 13.7. The third-order valence-corrected chi connectivity index (χ3v) is 5.03. The van der Waals surface area contributed by atoms with Crippen LogP contribution in [0.5, 0.6) is 0 Å². The fourth-order valence-corrected chi connectivity index (χ4v) is 3.39. The molecule has 0 aromatic heterocycles. The minimum atomic E-state index is -0.141. The van der Waals surface area contributed by atoms with E-state index >= 15 is 0 Å². The molecule has 1 aliphatic rings. The molecule has 1 aromatic rings. The highest BCUT2D eigenvalue weighted by molar-refractivity contribution is 5.79. The number of nitrogens with one attached hydrogen (secondary N) is 2. The van der Waals surface area contributed by atoms with E-state index in [2.05, 4.69) is 41.2 Å². The van der Waals surface area contributed by atoms with Crippen molar-refractivity contribution in [1.82, 2.24) is 20.4 Å². The molecule has 1 fully saturated rings. The van der Waals surface area contributed by atoms with Gasteiger partial charge in [0, 0.05) is 52.4 Å². The van der Waals surface area contributed by atoms with Crippen molar-refractivity contribution in [3.05, 3.63) is 35.6 Å². The van der Waals surface area contributed by atoms with Crippen molar-refractivity contribution in [2.45, 2.75) is 27.2 Å². The van der Waals surface area contributed by atoms with Crippen LogP contribution in [0, 0.1) is 11.7 Å². The fourth-order valence-electron chi connectivity index (χ4n) is 3.39. The summed E-state index contributed by atoms with van der Waals surface area (Å²) >= 11 is 0. The number of hydrogen-bond acceptors (Lipinski definition) is 3. The Morgan fingerprint density at radius 1 is 1.11 bits per heavy atom. The maximum absolute atomic E-state index is 13.7. The second-order valence-corrected chi connectivity index (χ2v) is 7.33. The number of hydrogen-bond donors (Lipinski definition) is 2. The lowest BCUT2D eigenvalue weighted by atomic mass is 10.1. The van der Waals surface area contributed by atoms with Gasteiger partial charge in [0.1, 0.15) is 5.82 Å². The van der Waals surface area contributed by atoms with Crippen LogP contribution in [0.3, 0.4) is 0 Å². The Balaban J connectivity index is 1.74. The van der Waals surface area contributed by atoms with Crippen molar-refractivity contribution in [3.8, 4) is 0 Å². The zero-order valence-corrected chi connectivity index (χ0v) is 17.2. The van der Waals surface area contributed by atoms with Crippen LogP contribution in [0.1, 0.15) is 26.3 Å². The minimum Gasteiger partial charge on any atom is -0.357 e. The smallest absolute Gasteiger partial charge is 0.191 e. The van der Waals surface area contributed by atoms with Gasteiger partial charge < -0.3 is 20.4 Å². The van der Waals surface area contributed by atoms with Gasteiger partial charge in [0.2, 0.25) is 0 Å². The van der Waals surface area contributed by atoms with Gasteiger partial charge in [0.05, 0.1) is 0 Å². The summed E-state index contributed by atoms with van der Waals surface area (Å²) in [6, 6.07) is 6.94. The van der Waals surface area contributed by atoms with E-state index in [1.807, 2.05) is 12.1 Å². The molecule has 27 heavy (non-hydrogen) atoms. The van der Waals surface area contributed by atoms with Crippen LogP contribution in [-0.2, 0) is 6.42 Å². The summed E-state index contributed by atoms with van der Waals surface area (Å²) in [5.74, 6) is 1.19. The van der Waals surface area contributed by atoms with E-state index < -0.39 is 0 Å². The summed E-state index contributed by atoms with van der Waals surface area (Å²) in [5, 5.41) is 6.60. The molecule has 1 unspecified atom stereocenters. The second kappa shape index (κ2) is 11.9. The summed E-state index contributed by atoms with van der Waals surface area (Å²) in [7, 11) is 0. The van der Waals surface area contributed by atoms with E-state index in [1.54, 1.807) is 6.07 Å². The average molecular weight is 378 g/mol. The molecule has 0 radical (unpaired) electrons. The zero-order valence-electron chi connectivity index (χ0n) is 17.2. The Morgan fingerprint density at radius 3 is 2.48 bits per heavy atom. The molecule has 152 valence electrons. The van der Waals surface area contributed by atoms with Gasteiger partial charge in [-0.3, -0.25) is 4.99 Å². The molecule has 0 amide bonds. The van der Waals surface area contributed by atoms with Gasteiger partial charge in [0.15, 0.2) is 5.96 Å². The number of piperazine rings is 1. The van der Waals surface area contributed by atoms with E-state index in [1.165, 1.54) is 19.2 Å². The number of aliphatic imine (C=N–C) groups is 1. The molecule has 1 aromatic carbocycles. The Bertz CT molecular complexity index is 569. The third-order valence-electron chi connectivity index (χ3n) is 5.03. The molecule has 0 aliphatic carbocycles. The van der Waals surface area contributed by atoms with E-state index in [0.29, 0.717) is 18.9 Å². The van der Waals surface area contributed by atoms with Crippen molar-refractivity contribution in [1.29, 1.82) is 0 Å². The monoisotopic (exact) mass is 377 g/mol. The van der Waals surface area contributed by atoms with Gasteiger partial charge in [-0.2, -0.15) is 0 Å². The van der Waals surface area contributed by atoms with Gasteiger partial charge in [-0.1, -0.05) is 32.0 Å². The second-order valence-electron chi connectivity index (χ2n) is 7.33. The maximum Gasteiger partial charge on any atom is 0.191 e. The highest BCUT2D eigenvalue weighted by Gasteiger charge is 2.17. The molecule has 6 heteroatoms. The summed E-state index contributed by atoms with van der Waals surface area (Å²) in [5.41, 5.74) is 0.737. The van der Waals surface area contributed by atoms with Crippen LogP contribution >= 0.6 is 0 Å². The lowest BCUT2D eigenvalue weighted by Gasteiger charge is -2.35. The molecule has 2 rings (SSSR count). The minimum absolute atomic E-state index is 0.141. The van der Waals surface area contributed by atoms with E-state index in [9.17, 15) is 4.39 Å². The lowest BCUT2D eigenvalue weighted by Crippen LogP contribution is -2.47. The molecule has 1 heterocycles. The Morgan fingerprint density at radius 2 is 1.81 bits per heavy atom. The number of benzene rings is 1. The van der Waals surface area contributed by atoms with Crippen LogP contribution < -0.4 is 10.6 Å². The van der Waals surface area contributed by atoms with Gasteiger partial charge in [0.25, 0.3) is 0 Å². The molecule has 5 nitrogen and oxygen atoms in total. The highest BCUT2D eigenvalue weighted by Crippen LogP contribution is 2.07. The first-order chi connectivity index (χ1) is 13.1. The number of guanidine groups is 1. The number of halogens is 1. The summed E-state index contributed by atoms with van der Waals surface area (Å²) in [6.07, 6.45) is 0.647. The quantitative estimate of drug-likeness (QED) is 0.511. The van der Waals surface area contributed by atoms with Gasteiger partial charge >= 0.3 is 0 Å². The fraction of sp³-hybridized carbons (Fsp3) is 0.667. The van der Waals surface area contributed by atoms with Crippen molar-refractivity contribution >= 4 is 5.96 Å². The van der Waals surface area contributed by atoms with Crippen LogP contribution in [0.4, 0.5) is 4.39 Å². The molecular weight excluding hydrogens is 341 g/mol. The Kier molecular flexibility index (Phi) is 9.56. The van der Waals surface area contributed by atoms with Gasteiger partial charge in [-0.15, -0.1) is 0 Å². The van der Waals surface area contributed by atoms with Gasteiger partial charge in [-0.05, 0) is 37.4 Å². The van der Waals surface area contributed by atoms with E-state index in [0.717, 1.165) is 50.8 Å². The average Bonchev–Trinajstić information content (AvgIpc) is 2.68. The molecule has 1 atom stereocenters. The van der Waals surface area contributed by atoms with Crippen LogP contribution in [0.2, 0.25) is 0 Å². The Hall–Kier alpha value is -1.66. The van der Waals surface area contributed by atoms with Crippen molar-refractivity contribution in [2.75, 3.05) is 58.9 Å². The van der Waals surface area contributed by atoms with Crippen LogP contribution in [0.25, 0.3) is 0 Å². The topological polar surface area (TPSA) is 42.9 Å². The summed E-state index contributed by atoms with van der Waals surface area (Å²) in [4.78, 5) is 9.78. The first kappa shape index (κ1) is 21.6. The predicted molar refractivity (Wildman–Crippen MR) is 112 cm³/mol. The largest absolute Gasteiger partial charge is 0.357 e. The first-order valence-corrected chi connectivity index (χ1v) is 10.3. The molecule has 0 saturated carbocycles. The van der Waals surface area contributed by atoms with E-state index in [4.69, 9.17) is 4.99 Å². The molecule has 1 saturated heterocycles. The summed E-state index contributed by atoms with van der Waals surface area (Å²) in [6.45, 7) is 15.7. The standard InChI is InChI=1S/C21H36FN5/c1-4-23-21(24-11-10-19-8-6-7-9-20(19)22)25-16-18(3)17-27-14-12-26(5-2)13-15-27/h6-9,18H,4-5,10-17H2,1-3H3,(H2,23,24,25). The van der Waals surface area contributed by atoms with Crippen LogP contribution in [0.15, 0.2) is 29.3 Å². The van der Waals surface area contributed by atoms with E-state index in [-0.39, 0.29) is 5.82 Å². The highest BCUT2D eigenvalue weighted by atomic mass is 19.1. The molecule has 1 aliphatic heterocycles. The SMILES string of the molecule is CCNC(=NCC(C)CN1CCN(CC)CC1)NCCc1ccccc1F.